The molecule has 0 spiro atoms. The van der Waals surface area contributed by atoms with Crippen LogP contribution in [0.5, 0.6) is 0 Å². The fourth-order valence-electron chi connectivity index (χ4n) is 5.94. The number of piperazine rings is 1. The van der Waals surface area contributed by atoms with Crippen LogP contribution in [0.1, 0.15) is 29.7 Å². The number of ether oxygens (including phenoxy) is 1. The van der Waals surface area contributed by atoms with Gasteiger partial charge in [-0.15, -0.1) is 0 Å². The van der Waals surface area contributed by atoms with Crippen LogP contribution in [0.15, 0.2) is 48.5 Å². The number of fused-ring (bicyclic) bond motifs is 5. The van der Waals surface area contributed by atoms with E-state index in [4.69, 9.17) is 16.3 Å². The van der Waals surface area contributed by atoms with Crippen molar-refractivity contribution in [1.29, 1.82) is 0 Å². The predicted molar refractivity (Wildman–Crippen MR) is 134 cm³/mol. The number of benzene rings is 2. The van der Waals surface area contributed by atoms with Crippen molar-refractivity contribution in [2.45, 2.75) is 18.4 Å². The largest absolute Gasteiger partial charge is 0.379 e. The first-order valence-corrected chi connectivity index (χ1v) is 12.6. The summed E-state index contributed by atoms with van der Waals surface area (Å²) in [6.07, 6.45) is 0. The summed E-state index contributed by atoms with van der Waals surface area (Å²) >= 11 is 6.17. The van der Waals surface area contributed by atoms with E-state index in [1.54, 1.807) is 9.80 Å². The van der Waals surface area contributed by atoms with Gasteiger partial charge in [-0.05, 0) is 36.2 Å². The topological polar surface area (TPSA) is 68.9 Å². The van der Waals surface area contributed by atoms with Gasteiger partial charge in [-0.1, -0.05) is 41.9 Å². The van der Waals surface area contributed by atoms with Crippen molar-refractivity contribution < 1.29 is 14.3 Å². The number of carbonyl (C=O) groups excluding carboxylic acids is 2. The van der Waals surface area contributed by atoms with Gasteiger partial charge in [0.2, 0.25) is 5.91 Å². The summed E-state index contributed by atoms with van der Waals surface area (Å²) in [7, 11) is 0. The molecule has 3 aliphatic rings. The number of hydrogen-bond acceptors (Lipinski definition) is 4. The summed E-state index contributed by atoms with van der Waals surface area (Å²) in [4.78, 5) is 37.0. The lowest BCUT2D eigenvalue weighted by Gasteiger charge is -2.51. The first-order chi connectivity index (χ1) is 17.0. The molecule has 8 heteroatoms. The molecule has 2 aromatic carbocycles. The molecule has 2 atom stereocenters. The van der Waals surface area contributed by atoms with Crippen LogP contribution in [0, 0.1) is 0 Å². The summed E-state index contributed by atoms with van der Waals surface area (Å²) in [5.41, 5.74) is 2.90. The van der Waals surface area contributed by atoms with E-state index in [1.807, 2.05) is 49.4 Å². The van der Waals surface area contributed by atoms with Gasteiger partial charge in [0, 0.05) is 54.6 Å². The Balaban J connectivity index is 1.42. The van der Waals surface area contributed by atoms with Gasteiger partial charge in [-0.3, -0.25) is 14.5 Å². The second kappa shape index (κ2) is 8.66. The Bertz CT molecular complexity index is 1280. The lowest BCUT2D eigenvalue weighted by Crippen LogP contribution is -2.68. The van der Waals surface area contributed by atoms with Gasteiger partial charge in [0.25, 0.3) is 5.91 Å². The van der Waals surface area contributed by atoms with E-state index in [0.717, 1.165) is 47.4 Å². The Labute approximate surface area is 209 Å². The molecule has 2 amide bonds. The van der Waals surface area contributed by atoms with Crippen LogP contribution >= 0.6 is 11.6 Å². The van der Waals surface area contributed by atoms with Gasteiger partial charge in [-0.2, -0.15) is 0 Å². The molecule has 0 radical (unpaired) electrons. The molecule has 3 aromatic rings. The van der Waals surface area contributed by atoms with Crippen molar-refractivity contribution in [3.63, 3.8) is 0 Å². The maximum absolute atomic E-state index is 14.1. The highest BCUT2D eigenvalue weighted by molar-refractivity contribution is 6.30. The number of amides is 2. The number of para-hydroxylation sites is 1. The zero-order valence-corrected chi connectivity index (χ0v) is 20.6. The Kier molecular flexibility index (Phi) is 5.59. The van der Waals surface area contributed by atoms with Crippen LogP contribution in [0.2, 0.25) is 5.02 Å². The van der Waals surface area contributed by atoms with Crippen molar-refractivity contribution in [1.82, 2.24) is 19.7 Å². The molecular weight excluding hydrogens is 464 g/mol. The van der Waals surface area contributed by atoms with Gasteiger partial charge in [-0.25, -0.2) is 0 Å². The number of morpholine rings is 1. The molecule has 7 nitrogen and oxygen atoms in total. The number of hydrogen-bond donors (Lipinski definition) is 1. The van der Waals surface area contributed by atoms with Crippen LogP contribution in [0.4, 0.5) is 0 Å². The van der Waals surface area contributed by atoms with E-state index in [9.17, 15) is 9.59 Å². The molecule has 2 saturated heterocycles. The summed E-state index contributed by atoms with van der Waals surface area (Å²) in [5, 5.41) is 1.77. The number of nitrogens with zero attached hydrogens (tertiary/aromatic N) is 3. The van der Waals surface area contributed by atoms with Gasteiger partial charge >= 0.3 is 0 Å². The van der Waals surface area contributed by atoms with E-state index in [0.29, 0.717) is 31.3 Å². The van der Waals surface area contributed by atoms with Crippen LogP contribution in [-0.2, 0) is 19.9 Å². The molecule has 182 valence electrons. The molecule has 6 rings (SSSR count). The van der Waals surface area contributed by atoms with Crippen LogP contribution in [0.25, 0.3) is 10.9 Å². The molecule has 3 aliphatic heterocycles. The minimum absolute atomic E-state index is 0.0163. The third-order valence-electron chi connectivity index (χ3n) is 7.88. The summed E-state index contributed by atoms with van der Waals surface area (Å²) in [6.45, 7) is 6.88. The molecule has 2 unspecified atom stereocenters. The average molecular weight is 493 g/mol. The third-order valence-corrected chi connectivity index (χ3v) is 8.13. The first kappa shape index (κ1) is 22.6. The minimum Gasteiger partial charge on any atom is -0.379 e. The highest BCUT2D eigenvalue weighted by Gasteiger charge is 2.56. The standard InChI is InChI=1S/C27H29ClN4O3/c1-27-25-24(20-4-2-3-5-22(20)29-25)21(18-6-8-19(28)9-7-18)16-32(27)23(33)17-31(26(27)34)11-10-30-12-14-35-15-13-30/h2-9,21,29H,10-17H2,1H3. The van der Waals surface area contributed by atoms with Crippen LogP contribution in [0.3, 0.4) is 0 Å². The van der Waals surface area contributed by atoms with Crippen LogP contribution in [-0.4, -0.2) is 84.0 Å². The van der Waals surface area contributed by atoms with E-state index in [2.05, 4.69) is 16.0 Å². The first-order valence-electron chi connectivity index (χ1n) is 12.2. The summed E-state index contributed by atoms with van der Waals surface area (Å²) < 4.78 is 5.44. The molecule has 0 bridgehead atoms. The predicted octanol–water partition coefficient (Wildman–Crippen LogP) is 3.19. The van der Waals surface area contributed by atoms with Crippen molar-refractivity contribution >= 4 is 34.3 Å². The number of carbonyl (C=O) groups is 2. The zero-order chi connectivity index (χ0) is 24.2. The molecule has 1 aromatic heterocycles. The zero-order valence-electron chi connectivity index (χ0n) is 19.8. The monoisotopic (exact) mass is 492 g/mol. The third kappa shape index (κ3) is 3.64. The Morgan fingerprint density at radius 3 is 2.57 bits per heavy atom. The number of aromatic nitrogens is 1. The fourth-order valence-corrected chi connectivity index (χ4v) is 6.06. The lowest BCUT2D eigenvalue weighted by molar-refractivity contribution is -0.166. The number of H-pyrrole nitrogens is 1. The van der Waals surface area contributed by atoms with Gasteiger partial charge < -0.3 is 19.5 Å². The lowest BCUT2D eigenvalue weighted by atomic mass is 9.76. The van der Waals surface area contributed by atoms with Crippen molar-refractivity contribution in [3.8, 4) is 0 Å². The second-order valence-electron chi connectivity index (χ2n) is 9.82. The van der Waals surface area contributed by atoms with E-state index in [-0.39, 0.29) is 24.3 Å². The number of aromatic amines is 1. The van der Waals surface area contributed by atoms with Crippen molar-refractivity contribution in [2.75, 3.05) is 52.5 Å². The normalized spacial score (nSPS) is 25.1. The smallest absolute Gasteiger partial charge is 0.254 e. The molecular formula is C27H29ClN4O3. The van der Waals surface area contributed by atoms with E-state index >= 15 is 0 Å². The molecule has 1 N–H and O–H groups in total. The summed E-state index contributed by atoms with van der Waals surface area (Å²) in [6, 6.07) is 15.9. The minimum atomic E-state index is -1.07. The fraction of sp³-hybridized carbons (Fsp3) is 0.407. The van der Waals surface area contributed by atoms with Crippen molar-refractivity contribution in [2.24, 2.45) is 0 Å². The number of rotatable bonds is 4. The van der Waals surface area contributed by atoms with Gasteiger partial charge in [0.15, 0.2) is 5.54 Å². The Morgan fingerprint density at radius 2 is 1.80 bits per heavy atom. The molecule has 0 saturated carbocycles. The Morgan fingerprint density at radius 1 is 1.06 bits per heavy atom. The molecule has 4 heterocycles. The quantitative estimate of drug-likeness (QED) is 0.607. The Hall–Kier alpha value is -2.87. The second-order valence-corrected chi connectivity index (χ2v) is 10.3. The maximum Gasteiger partial charge on any atom is 0.254 e. The number of nitrogens with one attached hydrogen (secondary N) is 1. The SMILES string of the molecule is CC12C(=O)N(CCN3CCOCC3)CC(=O)N1CC(c1ccc(Cl)cc1)c1c2[nH]c2ccccc12. The van der Waals surface area contributed by atoms with Gasteiger partial charge in [0.05, 0.1) is 25.5 Å². The maximum atomic E-state index is 14.1. The molecule has 0 aliphatic carbocycles. The highest BCUT2D eigenvalue weighted by atomic mass is 35.5. The molecule has 35 heavy (non-hydrogen) atoms. The van der Waals surface area contributed by atoms with Crippen molar-refractivity contribution in [3.05, 3.63) is 70.4 Å². The van der Waals surface area contributed by atoms with Gasteiger partial charge in [0.1, 0.15) is 0 Å². The average Bonchev–Trinajstić information content (AvgIpc) is 3.28. The van der Waals surface area contributed by atoms with E-state index < -0.39 is 5.54 Å². The highest BCUT2D eigenvalue weighted by Crippen LogP contribution is 2.48. The van der Waals surface area contributed by atoms with E-state index in [1.165, 1.54) is 0 Å². The van der Waals surface area contributed by atoms with Crippen LogP contribution < -0.4 is 0 Å². The molecule has 2 fully saturated rings. The summed E-state index contributed by atoms with van der Waals surface area (Å²) in [5.74, 6) is -0.0896. The number of halogens is 1.